The number of hydrogen-bond donors (Lipinski definition) is 0. The van der Waals surface area contributed by atoms with Crippen molar-refractivity contribution < 1.29 is 9.53 Å². The Morgan fingerprint density at radius 1 is 0.793 bits per heavy atom. The Kier molecular flexibility index (Phi) is 10.5. The number of carbonyl (C=O) groups excluding carboxylic acids is 1. The van der Waals surface area contributed by atoms with Gasteiger partial charge in [-0.25, -0.2) is 4.79 Å². The van der Waals surface area contributed by atoms with Gasteiger partial charge in [0.05, 0.1) is 5.56 Å². The minimum atomic E-state index is -0.290. The summed E-state index contributed by atoms with van der Waals surface area (Å²) < 4.78 is 5.53. The lowest BCUT2D eigenvalue weighted by molar-refractivity contribution is 0.0734. The molecule has 2 nitrogen and oxygen atoms in total. The summed E-state index contributed by atoms with van der Waals surface area (Å²) in [6.07, 6.45) is 12.6. The number of benzene rings is 2. The molecule has 0 radical (unpaired) electrons. The summed E-state index contributed by atoms with van der Waals surface area (Å²) in [4.78, 5) is 12.4. The van der Waals surface area contributed by atoms with Crippen LogP contribution in [0.4, 0.5) is 0 Å². The molecule has 0 saturated carbocycles. The Morgan fingerprint density at radius 3 is 2.00 bits per heavy atom. The van der Waals surface area contributed by atoms with E-state index in [1.807, 2.05) is 24.3 Å². The first-order valence-electron chi connectivity index (χ1n) is 11.5. The molecule has 29 heavy (non-hydrogen) atoms. The summed E-state index contributed by atoms with van der Waals surface area (Å²) >= 11 is 0. The molecule has 1 unspecified atom stereocenters. The lowest BCUT2D eigenvalue weighted by Gasteiger charge is -2.09. The van der Waals surface area contributed by atoms with E-state index in [2.05, 4.69) is 45.0 Å². The maximum Gasteiger partial charge on any atom is 0.343 e. The minimum Gasteiger partial charge on any atom is -0.423 e. The van der Waals surface area contributed by atoms with Gasteiger partial charge in [-0.05, 0) is 60.6 Å². The smallest absolute Gasteiger partial charge is 0.343 e. The van der Waals surface area contributed by atoms with Gasteiger partial charge in [-0.1, -0.05) is 90.0 Å². The summed E-state index contributed by atoms with van der Waals surface area (Å²) in [5, 5.41) is 0. The van der Waals surface area contributed by atoms with Crippen LogP contribution in [-0.4, -0.2) is 5.97 Å². The number of carbonyl (C=O) groups is 1. The van der Waals surface area contributed by atoms with Crippen LogP contribution in [0.1, 0.15) is 93.6 Å². The number of rotatable bonds is 13. The van der Waals surface area contributed by atoms with Crippen LogP contribution in [0.25, 0.3) is 0 Å². The molecule has 2 rings (SSSR count). The van der Waals surface area contributed by atoms with E-state index < -0.39 is 0 Å². The molecule has 2 aromatic carbocycles. The summed E-state index contributed by atoms with van der Waals surface area (Å²) in [6, 6.07) is 15.8. The lowest BCUT2D eigenvalue weighted by atomic mass is 9.99. The van der Waals surface area contributed by atoms with Crippen molar-refractivity contribution in [2.45, 2.75) is 85.0 Å². The fraction of sp³-hybridized carbons (Fsp3) is 0.519. The Bertz CT molecular complexity index is 700. The van der Waals surface area contributed by atoms with Gasteiger partial charge in [-0.2, -0.15) is 0 Å². The number of esters is 1. The third-order valence-corrected chi connectivity index (χ3v) is 5.67. The zero-order valence-corrected chi connectivity index (χ0v) is 18.6. The van der Waals surface area contributed by atoms with Gasteiger partial charge in [0.1, 0.15) is 5.75 Å². The molecule has 0 aliphatic rings. The van der Waals surface area contributed by atoms with Gasteiger partial charge in [-0.15, -0.1) is 0 Å². The summed E-state index contributed by atoms with van der Waals surface area (Å²) in [6.45, 7) is 6.72. The molecule has 0 spiro atoms. The molecular weight excluding hydrogens is 356 g/mol. The highest BCUT2D eigenvalue weighted by Crippen LogP contribution is 2.18. The van der Waals surface area contributed by atoms with E-state index in [0.717, 1.165) is 12.8 Å². The van der Waals surface area contributed by atoms with E-state index in [0.29, 0.717) is 17.2 Å². The van der Waals surface area contributed by atoms with Crippen molar-refractivity contribution in [3.8, 4) is 5.75 Å². The van der Waals surface area contributed by atoms with Crippen molar-refractivity contribution in [3.05, 3.63) is 65.2 Å². The van der Waals surface area contributed by atoms with Crippen LogP contribution < -0.4 is 4.74 Å². The average Bonchev–Trinajstić information content (AvgIpc) is 2.74. The highest BCUT2D eigenvalue weighted by Gasteiger charge is 2.09. The van der Waals surface area contributed by atoms with Crippen LogP contribution in [0.5, 0.6) is 5.75 Å². The highest BCUT2D eigenvalue weighted by atomic mass is 16.5. The predicted molar refractivity (Wildman–Crippen MR) is 123 cm³/mol. The Morgan fingerprint density at radius 2 is 1.38 bits per heavy atom. The van der Waals surface area contributed by atoms with Crippen LogP contribution in [-0.2, 0) is 12.8 Å². The Labute approximate surface area is 177 Å². The maximum atomic E-state index is 12.4. The minimum absolute atomic E-state index is 0.290. The molecule has 0 saturated heterocycles. The molecule has 0 heterocycles. The second-order valence-electron chi connectivity index (χ2n) is 8.32. The first-order valence-corrected chi connectivity index (χ1v) is 11.5. The highest BCUT2D eigenvalue weighted by molar-refractivity contribution is 5.91. The van der Waals surface area contributed by atoms with E-state index in [1.165, 1.54) is 62.5 Å². The van der Waals surface area contributed by atoms with Crippen molar-refractivity contribution in [1.82, 2.24) is 0 Å². The van der Waals surface area contributed by atoms with E-state index in [9.17, 15) is 4.79 Å². The molecule has 0 amide bonds. The number of unbranched alkanes of at least 4 members (excludes halogenated alkanes) is 6. The zero-order chi connectivity index (χ0) is 20.9. The van der Waals surface area contributed by atoms with E-state index in [-0.39, 0.29) is 5.97 Å². The van der Waals surface area contributed by atoms with Crippen LogP contribution in [0.15, 0.2) is 48.5 Å². The molecule has 0 aromatic heterocycles. The van der Waals surface area contributed by atoms with Gasteiger partial charge >= 0.3 is 5.97 Å². The summed E-state index contributed by atoms with van der Waals surface area (Å²) in [7, 11) is 0. The first-order chi connectivity index (χ1) is 14.1. The fourth-order valence-electron chi connectivity index (χ4n) is 3.50. The van der Waals surface area contributed by atoms with E-state index in [4.69, 9.17) is 4.74 Å². The molecular formula is C27H38O2. The zero-order valence-electron chi connectivity index (χ0n) is 18.6. The molecule has 2 heteroatoms. The van der Waals surface area contributed by atoms with Crippen molar-refractivity contribution in [2.24, 2.45) is 5.92 Å². The molecule has 1 atom stereocenters. The van der Waals surface area contributed by atoms with Crippen molar-refractivity contribution in [2.75, 3.05) is 0 Å². The standard InChI is InChI=1S/C27H38O2/c1-4-6-7-8-9-10-11-12-23-13-17-25(18-14-23)27(28)29-26-19-15-24(16-20-26)21-22(3)5-2/h13-20,22H,4-12,21H2,1-3H3. The first kappa shape index (κ1) is 23.2. The quantitative estimate of drug-likeness (QED) is 0.197. The predicted octanol–water partition coefficient (Wildman–Crippen LogP) is 7.79. The normalized spacial score (nSPS) is 12.0. The largest absolute Gasteiger partial charge is 0.423 e. The van der Waals surface area contributed by atoms with Gasteiger partial charge in [0.2, 0.25) is 0 Å². The number of aryl methyl sites for hydroxylation is 1. The lowest BCUT2D eigenvalue weighted by Crippen LogP contribution is -2.08. The van der Waals surface area contributed by atoms with Gasteiger partial charge in [-0.3, -0.25) is 0 Å². The van der Waals surface area contributed by atoms with Crippen LogP contribution in [0, 0.1) is 5.92 Å². The molecule has 158 valence electrons. The van der Waals surface area contributed by atoms with Crippen molar-refractivity contribution in [1.29, 1.82) is 0 Å². The fourth-order valence-corrected chi connectivity index (χ4v) is 3.50. The molecule has 0 N–H and O–H groups in total. The molecule has 0 bridgehead atoms. The summed E-state index contributed by atoms with van der Waals surface area (Å²) in [5.41, 5.74) is 3.19. The molecule has 0 fully saturated rings. The second-order valence-corrected chi connectivity index (χ2v) is 8.32. The topological polar surface area (TPSA) is 26.3 Å². The van der Waals surface area contributed by atoms with Gasteiger partial charge in [0.15, 0.2) is 0 Å². The molecule has 0 aliphatic heterocycles. The van der Waals surface area contributed by atoms with E-state index in [1.54, 1.807) is 0 Å². The number of hydrogen-bond acceptors (Lipinski definition) is 2. The van der Waals surface area contributed by atoms with Crippen LogP contribution >= 0.6 is 0 Å². The van der Waals surface area contributed by atoms with E-state index >= 15 is 0 Å². The van der Waals surface area contributed by atoms with Gasteiger partial charge in [0, 0.05) is 0 Å². The monoisotopic (exact) mass is 394 g/mol. The maximum absolute atomic E-state index is 12.4. The van der Waals surface area contributed by atoms with Crippen LogP contribution in [0.3, 0.4) is 0 Å². The molecule has 2 aromatic rings. The van der Waals surface area contributed by atoms with Crippen molar-refractivity contribution >= 4 is 5.97 Å². The van der Waals surface area contributed by atoms with Crippen LogP contribution in [0.2, 0.25) is 0 Å². The molecule has 0 aliphatic carbocycles. The summed E-state index contributed by atoms with van der Waals surface area (Å²) in [5.74, 6) is 0.986. The van der Waals surface area contributed by atoms with Gasteiger partial charge < -0.3 is 4.74 Å². The Balaban J connectivity index is 1.75. The Hall–Kier alpha value is -2.09. The average molecular weight is 395 g/mol. The number of ether oxygens (including phenoxy) is 1. The second kappa shape index (κ2) is 13.2. The third-order valence-electron chi connectivity index (χ3n) is 5.67. The van der Waals surface area contributed by atoms with Gasteiger partial charge in [0.25, 0.3) is 0 Å². The third kappa shape index (κ3) is 8.85. The van der Waals surface area contributed by atoms with Crippen molar-refractivity contribution in [3.63, 3.8) is 0 Å². The SMILES string of the molecule is CCCCCCCCCc1ccc(C(=O)Oc2ccc(CC(C)CC)cc2)cc1.